The van der Waals surface area contributed by atoms with Crippen LogP contribution in [0, 0.1) is 11.6 Å². The monoisotopic (exact) mass is 686 g/mol. The van der Waals surface area contributed by atoms with Gasteiger partial charge in [-0.1, -0.05) is 36.4 Å². The summed E-state index contributed by atoms with van der Waals surface area (Å²) in [7, 11) is 0. The van der Waals surface area contributed by atoms with Crippen LogP contribution in [0.25, 0.3) is 0 Å². The molecule has 0 aromatic heterocycles. The van der Waals surface area contributed by atoms with Gasteiger partial charge in [-0.2, -0.15) is 0 Å². The fourth-order valence-corrected chi connectivity index (χ4v) is 7.81. The van der Waals surface area contributed by atoms with E-state index in [0.29, 0.717) is 63.0 Å². The lowest BCUT2D eigenvalue weighted by atomic mass is 9.82. The number of hydrogen-bond acceptors (Lipinski definition) is 9. The minimum atomic E-state index is -0.842. The van der Waals surface area contributed by atoms with Crippen molar-refractivity contribution in [3.05, 3.63) is 119 Å². The number of Topliss-reactive ketones (excluding diaryl/α,β-unsaturated/α-hetero) is 1. The van der Waals surface area contributed by atoms with E-state index in [1.807, 2.05) is 0 Å². The van der Waals surface area contributed by atoms with E-state index in [1.165, 1.54) is 36.4 Å². The van der Waals surface area contributed by atoms with E-state index in [1.54, 1.807) is 48.5 Å². The van der Waals surface area contributed by atoms with Gasteiger partial charge in [-0.15, -0.1) is 0 Å². The predicted molar refractivity (Wildman–Crippen MR) is 186 cm³/mol. The molecule has 0 bridgehead atoms. The first kappa shape index (κ1) is 35.3. The Kier molecular flexibility index (Phi) is 10.7. The molecule has 11 heteroatoms. The Bertz CT molecular complexity index is 1650. The fraction of sp³-hybridized carbons (Fsp3) is 0.359. The van der Waals surface area contributed by atoms with Crippen LogP contribution in [0.2, 0.25) is 0 Å². The van der Waals surface area contributed by atoms with E-state index in [9.17, 15) is 29.2 Å². The highest BCUT2D eigenvalue weighted by atomic mass is 19.1. The van der Waals surface area contributed by atoms with Crippen molar-refractivity contribution < 1.29 is 34.0 Å². The highest BCUT2D eigenvalue weighted by Crippen LogP contribution is 2.40. The molecule has 4 atom stereocenters. The molecule has 2 aliphatic heterocycles. The summed E-state index contributed by atoms with van der Waals surface area (Å²) < 4.78 is 28.0. The van der Waals surface area contributed by atoms with Crippen molar-refractivity contribution in [1.29, 1.82) is 0 Å². The molecule has 2 aliphatic rings. The SMILES string of the molecule is NC(c1ccc(F)cc1)C(C(=O)C(C(N)c1ccc(F)cc1)N1CCC(c2ccc(O)cc2O)CC1)N1CCC(c2ccc(O)cc2O)CC1. The minimum Gasteiger partial charge on any atom is -0.508 e. The Morgan fingerprint density at radius 1 is 0.580 bits per heavy atom. The quantitative estimate of drug-likeness (QED) is 0.126. The number of ketones is 1. The molecule has 0 saturated carbocycles. The first-order valence-corrected chi connectivity index (χ1v) is 17.1. The van der Waals surface area contributed by atoms with Gasteiger partial charge in [-0.05, 0) is 122 Å². The second-order valence-corrected chi connectivity index (χ2v) is 13.6. The molecule has 0 radical (unpaired) electrons. The van der Waals surface area contributed by atoms with Gasteiger partial charge in [0.25, 0.3) is 0 Å². The van der Waals surface area contributed by atoms with Crippen LogP contribution in [0.4, 0.5) is 8.78 Å². The molecule has 264 valence electrons. The molecular weight excluding hydrogens is 642 g/mol. The van der Waals surface area contributed by atoms with Gasteiger partial charge in [0.2, 0.25) is 0 Å². The van der Waals surface area contributed by atoms with Crippen LogP contribution in [-0.2, 0) is 4.79 Å². The smallest absolute Gasteiger partial charge is 0.170 e. The Labute approximate surface area is 290 Å². The van der Waals surface area contributed by atoms with Gasteiger partial charge < -0.3 is 31.9 Å². The number of carbonyl (C=O) groups is 1. The number of aromatic hydroxyl groups is 4. The van der Waals surface area contributed by atoms with Gasteiger partial charge in [0.05, 0.1) is 24.2 Å². The van der Waals surface area contributed by atoms with E-state index in [2.05, 4.69) is 9.80 Å². The molecule has 9 nitrogen and oxygen atoms in total. The minimum absolute atomic E-state index is 0.00254. The first-order valence-electron chi connectivity index (χ1n) is 17.1. The van der Waals surface area contributed by atoms with E-state index in [0.717, 1.165) is 11.1 Å². The summed E-state index contributed by atoms with van der Waals surface area (Å²) in [5, 5.41) is 40.7. The van der Waals surface area contributed by atoms with Crippen molar-refractivity contribution in [3.8, 4) is 23.0 Å². The highest BCUT2D eigenvalue weighted by molar-refractivity contribution is 5.91. The van der Waals surface area contributed by atoms with E-state index < -0.39 is 35.8 Å². The maximum Gasteiger partial charge on any atom is 0.170 e. The zero-order chi connectivity index (χ0) is 35.5. The van der Waals surface area contributed by atoms with Crippen molar-refractivity contribution in [3.63, 3.8) is 0 Å². The summed E-state index contributed by atoms with van der Waals surface area (Å²) >= 11 is 0. The third-order valence-electron chi connectivity index (χ3n) is 10.5. The van der Waals surface area contributed by atoms with Gasteiger partial charge in [-0.25, -0.2) is 8.78 Å². The molecule has 4 unspecified atom stereocenters. The summed E-state index contributed by atoms with van der Waals surface area (Å²) in [6.07, 6.45) is 2.48. The Morgan fingerprint density at radius 3 is 1.24 bits per heavy atom. The van der Waals surface area contributed by atoms with E-state index >= 15 is 4.79 Å². The summed E-state index contributed by atoms with van der Waals surface area (Å²) in [6.45, 7) is 1.93. The van der Waals surface area contributed by atoms with Crippen LogP contribution in [-0.4, -0.2) is 74.3 Å². The second kappa shape index (κ2) is 15.1. The zero-order valence-electron chi connectivity index (χ0n) is 27.7. The highest BCUT2D eigenvalue weighted by Gasteiger charge is 2.44. The topological polar surface area (TPSA) is 157 Å². The molecule has 4 aromatic carbocycles. The van der Waals surface area contributed by atoms with Crippen LogP contribution in [0.5, 0.6) is 23.0 Å². The Hall–Kier alpha value is -4.55. The maximum absolute atomic E-state index is 15.2. The van der Waals surface area contributed by atoms with Gasteiger partial charge in [0, 0.05) is 12.1 Å². The number of phenolic OH excluding ortho intramolecular Hbond substituents is 4. The number of piperidine rings is 2. The maximum atomic E-state index is 15.2. The standard InChI is InChI=1S/C39H44F2N4O5/c40-27-5-1-25(2-6-27)35(42)37(44-17-13-23(14-18-44)31-11-9-29(46)21-33(31)48)39(50)38(36(43)26-3-7-28(41)8-4-26)45-19-15-24(16-20-45)32-12-10-30(47)22-34(32)49/h1-12,21-24,35-38,46-49H,13-20,42-43H2. The molecule has 0 aliphatic carbocycles. The molecule has 0 spiro atoms. The number of nitrogens with zero attached hydrogens (tertiary/aromatic N) is 2. The van der Waals surface area contributed by atoms with Crippen LogP contribution >= 0.6 is 0 Å². The Balaban J connectivity index is 1.31. The lowest BCUT2D eigenvalue weighted by Gasteiger charge is -2.45. The lowest BCUT2D eigenvalue weighted by molar-refractivity contribution is -0.132. The van der Waals surface area contributed by atoms with Crippen molar-refractivity contribution in [2.45, 2.75) is 61.7 Å². The molecule has 2 heterocycles. The predicted octanol–water partition coefficient (Wildman–Crippen LogP) is 5.55. The molecule has 50 heavy (non-hydrogen) atoms. The number of benzene rings is 4. The summed E-state index contributed by atoms with van der Waals surface area (Å²) in [6, 6.07) is 17.5. The van der Waals surface area contributed by atoms with Gasteiger partial charge in [-0.3, -0.25) is 14.6 Å². The number of carbonyl (C=O) groups excluding carboxylic acids is 1. The Morgan fingerprint density at radius 2 is 0.920 bits per heavy atom. The summed E-state index contributed by atoms with van der Waals surface area (Å²) in [5.41, 5.74) is 16.6. The van der Waals surface area contributed by atoms with Gasteiger partial charge >= 0.3 is 0 Å². The first-order chi connectivity index (χ1) is 24.0. The number of likely N-dealkylation sites (tertiary alicyclic amines) is 2. The number of nitrogens with two attached hydrogens (primary N) is 2. The van der Waals surface area contributed by atoms with Crippen molar-refractivity contribution in [2.24, 2.45) is 11.5 Å². The number of hydrogen-bond donors (Lipinski definition) is 6. The third kappa shape index (κ3) is 7.61. The second-order valence-electron chi connectivity index (χ2n) is 13.6. The lowest BCUT2D eigenvalue weighted by Crippen LogP contribution is -2.60. The van der Waals surface area contributed by atoms with Crippen molar-refractivity contribution in [2.75, 3.05) is 26.2 Å². The number of halogens is 2. The third-order valence-corrected chi connectivity index (χ3v) is 10.5. The molecule has 8 N–H and O–H groups in total. The molecule has 0 amide bonds. The van der Waals surface area contributed by atoms with E-state index in [-0.39, 0.29) is 40.6 Å². The van der Waals surface area contributed by atoms with Gasteiger partial charge in [0.1, 0.15) is 34.6 Å². The average molecular weight is 687 g/mol. The normalized spacial score (nSPS) is 19.1. The molecule has 2 fully saturated rings. The average Bonchev–Trinajstić information content (AvgIpc) is 3.10. The fourth-order valence-electron chi connectivity index (χ4n) is 7.81. The van der Waals surface area contributed by atoms with Crippen molar-refractivity contribution >= 4 is 5.78 Å². The largest absolute Gasteiger partial charge is 0.508 e. The van der Waals surface area contributed by atoms with E-state index in [4.69, 9.17) is 11.5 Å². The molecular formula is C39H44F2N4O5. The van der Waals surface area contributed by atoms with Crippen LogP contribution in [0.1, 0.15) is 71.9 Å². The molecule has 4 aromatic rings. The number of phenols is 4. The van der Waals surface area contributed by atoms with Gasteiger partial charge in [0.15, 0.2) is 5.78 Å². The van der Waals surface area contributed by atoms with Crippen LogP contribution in [0.15, 0.2) is 84.9 Å². The summed E-state index contributed by atoms with van der Waals surface area (Å²) in [5.74, 6) is -1.04. The summed E-state index contributed by atoms with van der Waals surface area (Å²) in [4.78, 5) is 19.3. The molecule has 2 saturated heterocycles. The zero-order valence-corrected chi connectivity index (χ0v) is 27.7. The van der Waals surface area contributed by atoms with Crippen LogP contribution < -0.4 is 11.5 Å². The van der Waals surface area contributed by atoms with Crippen molar-refractivity contribution in [1.82, 2.24) is 9.80 Å². The van der Waals surface area contributed by atoms with Crippen LogP contribution in [0.3, 0.4) is 0 Å². The number of rotatable bonds is 10. The molecule has 6 rings (SSSR count).